The molecular weight excluding hydrogens is 326 g/mol. The van der Waals surface area contributed by atoms with Crippen LogP contribution in [0.15, 0.2) is 60.8 Å². The van der Waals surface area contributed by atoms with Crippen LogP contribution in [0.5, 0.6) is 5.75 Å². The minimum atomic E-state index is 0.269. The maximum absolute atomic E-state index is 5.36. The van der Waals surface area contributed by atoms with Crippen molar-refractivity contribution in [3.8, 4) is 5.75 Å². The number of hydrogen-bond donors (Lipinski definition) is 1. The van der Waals surface area contributed by atoms with Gasteiger partial charge in [-0.15, -0.1) is 5.10 Å². The van der Waals surface area contributed by atoms with E-state index in [2.05, 4.69) is 51.4 Å². The first-order chi connectivity index (χ1) is 12.7. The van der Waals surface area contributed by atoms with Crippen molar-refractivity contribution in [2.24, 2.45) is 0 Å². The highest BCUT2D eigenvalue weighted by atomic mass is 16.5. The normalized spacial score (nSPS) is 10.6. The summed E-state index contributed by atoms with van der Waals surface area (Å²) >= 11 is 0. The van der Waals surface area contributed by atoms with E-state index in [1.165, 1.54) is 5.56 Å². The van der Waals surface area contributed by atoms with E-state index >= 15 is 0 Å². The monoisotopic (exact) mass is 349 g/mol. The molecule has 3 aromatic rings. The van der Waals surface area contributed by atoms with E-state index in [4.69, 9.17) is 4.74 Å². The van der Waals surface area contributed by atoms with Crippen molar-refractivity contribution in [2.75, 3.05) is 17.3 Å². The molecule has 6 heteroatoms. The molecule has 0 aliphatic carbocycles. The van der Waals surface area contributed by atoms with E-state index in [0.29, 0.717) is 5.95 Å². The molecule has 1 aromatic heterocycles. The van der Waals surface area contributed by atoms with Gasteiger partial charge in [-0.05, 0) is 31.5 Å². The summed E-state index contributed by atoms with van der Waals surface area (Å²) < 4.78 is 5.36. The lowest BCUT2D eigenvalue weighted by molar-refractivity contribution is 0.417. The van der Waals surface area contributed by atoms with E-state index in [1.807, 2.05) is 42.5 Å². The molecule has 3 rings (SSSR count). The Morgan fingerprint density at radius 1 is 1.04 bits per heavy atom. The van der Waals surface area contributed by atoms with Crippen molar-refractivity contribution >= 4 is 17.5 Å². The fraction of sp³-hybridized carbons (Fsp3) is 0.250. The number of benzene rings is 2. The highest BCUT2D eigenvalue weighted by Crippen LogP contribution is 2.26. The van der Waals surface area contributed by atoms with Crippen molar-refractivity contribution in [1.29, 1.82) is 0 Å². The fourth-order valence-corrected chi connectivity index (χ4v) is 2.66. The van der Waals surface area contributed by atoms with E-state index in [9.17, 15) is 0 Å². The molecule has 0 aliphatic rings. The Labute approximate surface area is 153 Å². The summed E-state index contributed by atoms with van der Waals surface area (Å²) in [7, 11) is 1.64. The van der Waals surface area contributed by atoms with Crippen molar-refractivity contribution < 1.29 is 4.74 Å². The summed E-state index contributed by atoms with van der Waals surface area (Å²) in [5.74, 6) is 1.94. The van der Waals surface area contributed by atoms with Crippen LogP contribution >= 0.6 is 0 Å². The lowest BCUT2D eigenvalue weighted by Crippen LogP contribution is -2.31. The maximum Gasteiger partial charge on any atom is 0.249 e. The third-order valence-corrected chi connectivity index (χ3v) is 4.01. The number of nitrogens with zero attached hydrogens (tertiary/aromatic N) is 4. The molecule has 0 aliphatic heterocycles. The molecule has 0 spiro atoms. The van der Waals surface area contributed by atoms with Gasteiger partial charge in [0.15, 0.2) is 5.82 Å². The predicted octanol–water partition coefficient (Wildman–Crippen LogP) is 4.04. The van der Waals surface area contributed by atoms with Gasteiger partial charge >= 0.3 is 0 Å². The highest BCUT2D eigenvalue weighted by Gasteiger charge is 2.15. The summed E-state index contributed by atoms with van der Waals surface area (Å²) in [4.78, 5) is 6.84. The SMILES string of the molecule is COc1ccccc1Nc1nncc(N(Cc2ccccc2)C(C)C)n1. The molecule has 26 heavy (non-hydrogen) atoms. The van der Waals surface area contributed by atoms with E-state index in [-0.39, 0.29) is 6.04 Å². The minimum Gasteiger partial charge on any atom is -0.495 e. The molecule has 0 amide bonds. The molecule has 0 atom stereocenters. The Kier molecular flexibility index (Phi) is 5.63. The van der Waals surface area contributed by atoms with E-state index < -0.39 is 0 Å². The molecule has 134 valence electrons. The number of nitrogens with one attached hydrogen (secondary N) is 1. The Morgan fingerprint density at radius 2 is 1.77 bits per heavy atom. The van der Waals surface area contributed by atoms with Gasteiger partial charge in [-0.2, -0.15) is 10.1 Å². The zero-order chi connectivity index (χ0) is 18.4. The molecule has 0 saturated carbocycles. The van der Waals surface area contributed by atoms with Gasteiger partial charge in [0.1, 0.15) is 5.75 Å². The molecule has 1 heterocycles. The molecule has 1 N–H and O–H groups in total. The second kappa shape index (κ2) is 8.29. The zero-order valence-corrected chi connectivity index (χ0v) is 15.3. The van der Waals surface area contributed by atoms with Gasteiger partial charge in [0.2, 0.25) is 5.95 Å². The molecule has 0 unspecified atom stereocenters. The molecule has 0 radical (unpaired) electrons. The van der Waals surface area contributed by atoms with Crippen molar-refractivity contribution in [3.63, 3.8) is 0 Å². The number of ether oxygens (including phenoxy) is 1. The summed E-state index contributed by atoms with van der Waals surface area (Å²) in [5, 5.41) is 11.4. The van der Waals surface area contributed by atoms with E-state index in [0.717, 1.165) is 23.8 Å². The molecule has 0 bridgehead atoms. The van der Waals surface area contributed by atoms with Crippen LogP contribution < -0.4 is 15.0 Å². The largest absolute Gasteiger partial charge is 0.495 e. The molecule has 6 nitrogen and oxygen atoms in total. The molecule has 0 saturated heterocycles. The van der Waals surface area contributed by atoms with Crippen LogP contribution in [0, 0.1) is 0 Å². The number of methoxy groups -OCH3 is 1. The van der Waals surface area contributed by atoms with Crippen molar-refractivity contribution in [2.45, 2.75) is 26.4 Å². The van der Waals surface area contributed by atoms with Crippen LogP contribution in [0.3, 0.4) is 0 Å². The first kappa shape index (κ1) is 17.7. The van der Waals surface area contributed by atoms with Crippen molar-refractivity contribution in [1.82, 2.24) is 15.2 Å². The summed E-state index contributed by atoms with van der Waals surface area (Å²) in [5.41, 5.74) is 2.02. The van der Waals surface area contributed by atoms with Crippen LogP contribution in [0.2, 0.25) is 0 Å². The summed E-state index contributed by atoms with van der Waals surface area (Å²) in [6.07, 6.45) is 1.69. The standard InChI is InChI=1S/C20H23N5O/c1-15(2)25(14-16-9-5-4-6-10-16)19-13-21-24-20(23-19)22-17-11-7-8-12-18(17)26-3/h4-13,15H,14H2,1-3H3,(H,22,23,24). The quantitative estimate of drug-likeness (QED) is 0.694. The van der Waals surface area contributed by atoms with Crippen LogP contribution in [0.1, 0.15) is 19.4 Å². The van der Waals surface area contributed by atoms with Gasteiger partial charge in [-0.25, -0.2) is 0 Å². The summed E-state index contributed by atoms with van der Waals surface area (Å²) in [6, 6.07) is 18.2. The van der Waals surface area contributed by atoms with Gasteiger partial charge in [0, 0.05) is 12.6 Å². The topological polar surface area (TPSA) is 63.2 Å². The van der Waals surface area contributed by atoms with Crippen LogP contribution in [-0.4, -0.2) is 28.3 Å². The third kappa shape index (κ3) is 4.27. The first-order valence-corrected chi connectivity index (χ1v) is 8.57. The smallest absolute Gasteiger partial charge is 0.249 e. The molecular formula is C20H23N5O. The minimum absolute atomic E-state index is 0.269. The lowest BCUT2D eigenvalue weighted by Gasteiger charge is -2.27. The number of rotatable bonds is 7. The second-order valence-corrected chi connectivity index (χ2v) is 6.17. The average molecular weight is 349 g/mol. The lowest BCUT2D eigenvalue weighted by atomic mass is 10.2. The van der Waals surface area contributed by atoms with Crippen LogP contribution in [0.4, 0.5) is 17.5 Å². The zero-order valence-electron chi connectivity index (χ0n) is 15.3. The van der Waals surface area contributed by atoms with Gasteiger partial charge < -0.3 is 15.0 Å². The number of hydrogen-bond acceptors (Lipinski definition) is 6. The number of anilines is 3. The predicted molar refractivity (Wildman–Crippen MR) is 104 cm³/mol. The van der Waals surface area contributed by atoms with Crippen LogP contribution in [0.25, 0.3) is 0 Å². The van der Waals surface area contributed by atoms with Gasteiger partial charge in [-0.3, -0.25) is 0 Å². The van der Waals surface area contributed by atoms with Crippen molar-refractivity contribution in [3.05, 3.63) is 66.4 Å². The van der Waals surface area contributed by atoms with E-state index in [1.54, 1.807) is 13.3 Å². The Hall–Kier alpha value is -3.15. The summed E-state index contributed by atoms with van der Waals surface area (Å²) in [6.45, 7) is 5.03. The number of aromatic nitrogens is 3. The number of para-hydroxylation sites is 2. The maximum atomic E-state index is 5.36. The van der Waals surface area contributed by atoms with Gasteiger partial charge in [0.25, 0.3) is 0 Å². The first-order valence-electron chi connectivity index (χ1n) is 8.57. The van der Waals surface area contributed by atoms with Gasteiger partial charge in [-0.1, -0.05) is 42.5 Å². The average Bonchev–Trinajstić information content (AvgIpc) is 2.67. The third-order valence-electron chi connectivity index (χ3n) is 4.01. The van der Waals surface area contributed by atoms with Crippen LogP contribution in [-0.2, 0) is 6.54 Å². The van der Waals surface area contributed by atoms with Gasteiger partial charge in [0.05, 0.1) is 19.0 Å². The molecule has 2 aromatic carbocycles. The highest BCUT2D eigenvalue weighted by molar-refractivity contribution is 5.62. The molecule has 0 fully saturated rings. The fourth-order valence-electron chi connectivity index (χ4n) is 2.66. The Balaban J connectivity index is 1.84. The Morgan fingerprint density at radius 3 is 2.50 bits per heavy atom. The Bertz CT molecular complexity index is 838. The second-order valence-electron chi connectivity index (χ2n) is 6.17.